The van der Waals surface area contributed by atoms with Gasteiger partial charge >= 0.3 is 0 Å². The monoisotopic (exact) mass is 265 g/mol. The van der Waals surface area contributed by atoms with Gasteiger partial charge in [-0.1, -0.05) is 13.3 Å². The van der Waals surface area contributed by atoms with E-state index in [1.165, 1.54) is 0 Å². The fraction of sp³-hybridized carbons (Fsp3) is 0.692. The lowest BCUT2D eigenvalue weighted by Gasteiger charge is -2.29. The lowest BCUT2D eigenvalue weighted by atomic mass is 10.0. The Labute approximate surface area is 114 Å². The topological polar surface area (TPSA) is 85.1 Å². The van der Waals surface area contributed by atoms with Crippen molar-refractivity contribution in [2.24, 2.45) is 5.84 Å². The Morgan fingerprint density at radius 2 is 2.21 bits per heavy atom. The van der Waals surface area contributed by atoms with Crippen LogP contribution in [0.4, 0.5) is 11.6 Å². The second-order valence-corrected chi connectivity index (χ2v) is 4.99. The number of hydrogen-bond donors (Lipinski definition) is 3. The van der Waals surface area contributed by atoms with Crippen LogP contribution >= 0.6 is 0 Å². The molecule has 0 aliphatic carbocycles. The third-order valence-electron chi connectivity index (χ3n) is 3.41. The van der Waals surface area contributed by atoms with Crippen LogP contribution in [-0.4, -0.2) is 28.7 Å². The molecule has 0 aromatic carbocycles. The lowest BCUT2D eigenvalue weighted by molar-refractivity contribution is 0.0231. The number of ether oxygens (including phenoxy) is 1. The van der Waals surface area contributed by atoms with E-state index in [0.717, 1.165) is 43.7 Å². The minimum absolute atomic E-state index is 0.301. The normalized spacial score (nSPS) is 23.1. The first-order valence-electron chi connectivity index (χ1n) is 6.93. The Kier molecular flexibility index (Phi) is 4.93. The van der Waals surface area contributed by atoms with Crippen molar-refractivity contribution in [3.63, 3.8) is 0 Å². The molecule has 0 spiro atoms. The number of hydrogen-bond acceptors (Lipinski definition) is 6. The van der Waals surface area contributed by atoms with E-state index in [-0.39, 0.29) is 0 Å². The molecule has 0 saturated carbocycles. The van der Waals surface area contributed by atoms with Crippen LogP contribution in [0.3, 0.4) is 0 Å². The second-order valence-electron chi connectivity index (χ2n) is 4.99. The van der Waals surface area contributed by atoms with Crippen molar-refractivity contribution >= 4 is 11.6 Å². The molecule has 6 heteroatoms. The van der Waals surface area contributed by atoms with Gasteiger partial charge < -0.3 is 15.5 Å². The summed E-state index contributed by atoms with van der Waals surface area (Å²) in [7, 11) is 0. The summed E-state index contributed by atoms with van der Waals surface area (Å²) in [5.41, 5.74) is 3.71. The smallest absolute Gasteiger partial charge is 0.148 e. The quantitative estimate of drug-likeness (QED) is 0.555. The van der Waals surface area contributed by atoms with Gasteiger partial charge in [0.2, 0.25) is 0 Å². The zero-order valence-corrected chi connectivity index (χ0v) is 11.6. The van der Waals surface area contributed by atoms with Crippen LogP contribution in [0.5, 0.6) is 0 Å². The van der Waals surface area contributed by atoms with Crippen molar-refractivity contribution in [3.05, 3.63) is 11.9 Å². The van der Waals surface area contributed by atoms with Crippen LogP contribution in [0, 0.1) is 0 Å². The van der Waals surface area contributed by atoms with Gasteiger partial charge in [0.15, 0.2) is 0 Å². The summed E-state index contributed by atoms with van der Waals surface area (Å²) in [4.78, 5) is 8.54. The van der Waals surface area contributed by atoms with Crippen molar-refractivity contribution < 1.29 is 4.74 Å². The van der Waals surface area contributed by atoms with Crippen LogP contribution in [0.2, 0.25) is 0 Å². The predicted molar refractivity (Wildman–Crippen MR) is 75.9 cm³/mol. The zero-order valence-electron chi connectivity index (χ0n) is 11.6. The summed E-state index contributed by atoms with van der Waals surface area (Å²) in [6.07, 6.45) is 5.78. The molecule has 0 bridgehead atoms. The molecule has 1 saturated heterocycles. The number of aromatic nitrogens is 2. The van der Waals surface area contributed by atoms with Crippen LogP contribution in [0.1, 0.15) is 38.7 Å². The number of nitrogen functional groups attached to an aromatic ring is 1. The molecule has 1 fully saturated rings. The number of nitrogens with zero attached hydrogens (tertiary/aromatic N) is 2. The number of rotatable bonds is 5. The molecule has 6 nitrogen and oxygen atoms in total. The van der Waals surface area contributed by atoms with E-state index in [1.807, 2.05) is 0 Å². The van der Waals surface area contributed by atoms with Gasteiger partial charge in [-0.05, 0) is 26.2 Å². The Morgan fingerprint density at radius 1 is 1.42 bits per heavy atom. The first-order chi connectivity index (χ1) is 9.24. The molecule has 19 heavy (non-hydrogen) atoms. The van der Waals surface area contributed by atoms with E-state index in [9.17, 15) is 0 Å². The molecule has 2 heterocycles. The highest BCUT2D eigenvalue weighted by molar-refractivity contribution is 5.57. The maximum Gasteiger partial charge on any atom is 0.148 e. The van der Waals surface area contributed by atoms with Gasteiger partial charge in [-0.15, -0.1) is 0 Å². The summed E-state index contributed by atoms with van der Waals surface area (Å²) < 4.78 is 5.56. The molecular formula is C13H23N5O. The van der Waals surface area contributed by atoms with E-state index >= 15 is 0 Å². The molecule has 106 valence electrons. The molecule has 2 atom stereocenters. The third-order valence-corrected chi connectivity index (χ3v) is 3.41. The van der Waals surface area contributed by atoms with Gasteiger partial charge in [0.1, 0.15) is 18.0 Å². The molecule has 2 unspecified atom stereocenters. The fourth-order valence-electron chi connectivity index (χ4n) is 2.47. The highest BCUT2D eigenvalue weighted by atomic mass is 16.5. The van der Waals surface area contributed by atoms with Crippen LogP contribution < -0.4 is 16.6 Å². The lowest BCUT2D eigenvalue weighted by Crippen LogP contribution is -2.33. The van der Waals surface area contributed by atoms with Gasteiger partial charge in [0, 0.05) is 18.2 Å². The van der Waals surface area contributed by atoms with E-state index in [2.05, 4.69) is 34.6 Å². The summed E-state index contributed by atoms with van der Waals surface area (Å²) >= 11 is 0. The van der Waals surface area contributed by atoms with Gasteiger partial charge in [-0.3, -0.25) is 0 Å². The summed E-state index contributed by atoms with van der Waals surface area (Å²) in [6.45, 7) is 5.04. The average molecular weight is 265 g/mol. The SMILES string of the molecule is CCCc1c(NN)ncnc1NC1CCOC(C)C1. The second kappa shape index (κ2) is 6.68. The van der Waals surface area contributed by atoms with Gasteiger partial charge in [-0.25, -0.2) is 15.8 Å². The standard InChI is InChI=1S/C13H23N5O/c1-3-4-11-12(15-8-16-13(11)18-14)17-10-5-6-19-9(2)7-10/h8-10H,3-7,14H2,1-2H3,(H2,15,16,17,18). The van der Waals surface area contributed by atoms with Gasteiger partial charge in [-0.2, -0.15) is 0 Å². The van der Waals surface area contributed by atoms with Crippen molar-refractivity contribution in [1.29, 1.82) is 0 Å². The van der Waals surface area contributed by atoms with E-state index in [0.29, 0.717) is 18.0 Å². The number of nitrogens with two attached hydrogens (primary N) is 1. The van der Waals surface area contributed by atoms with E-state index in [1.54, 1.807) is 6.33 Å². The molecule has 1 aromatic rings. The fourth-order valence-corrected chi connectivity index (χ4v) is 2.47. The molecule has 0 radical (unpaired) electrons. The largest absolute Gasteiger partial charge is 0.378 e. The van der Waals surface area contributed by atoms with Crippen LogP contribution in [0.15, 0.2) is 6.33 Å². The van der Waals surface area contributed by atoms with Gasteiger partial charge in [0.05, 0.1) is 6.10 Å². The Balaban J connectivity index is 2.14. The molecule has 1 aliphatic rings. The minimum atomic E-state index is 0.301. The zero-order chi connectivity index (χ0) is 13.7. The highest BCUT2D eigenvalue weighted by Crippen LogP contribution is 2.24. The molecule has 1 aromatic heterocycles. The Bertz CT molecular complexity index is 412. The van der Waals surface area contributed by atoms with Crippen molar-refractivity contribution in [3.8, 4) is 0 Å². The summed E-state index contributed by atoms with van der Waals surface area (Å²) in [6, 6.07) is 0.403. The van der Waals surface area contributed by atoms with Crippen molar-refractivity contribution in [2.75, 3.05) is 17.3 Å². The van der Waals surface area contributed by atoms with Gasteiger partial charge in [0.25, 0.3) is 0 Å². The van der Waals surface area contributed by atoms with Crippen molar-refractivity contribution in [1.82, 2.24) is 9.97 Å². The van der Waals surface area contributed by atoms with E-state index < -0.39 is 0 Å². The highest BCUT2D eigenvalue weighted by Gasteiger charge is 2.21. The van der Waals surface area contributed by atoms with E-state index in [4.69, 9.17) is 10.6 Å². The average Bonchev–Trinajstić information content (AvgIpc) is 2.41. The maximum absolute atomic E-state index is 5.56. The molecular weight excluding hydrogens is 242 g/mol. The summed E-state index contributed by atoms with van der Waals surface area (Å²) in [5.74, 6) is 7.12. The third kappa shape index (κ3) is 3.54. The van der Waals surface area contributed by atoms with Crippen LogP contribution in [0.25, 0.3) is 0 Å². The Hall–Kier alpha value is -1.40. The minimum Gasteiger partial charge on any atom is -0.378 e. The first-order valence-corrected chi connectivity index (χ1v) is 6.93. The van der Waals surface area contributed by atoms with Crippen LogP contribution in [-0.2, 0) is 11.2 Å². The molecule has 2 rings (SSSR count). The number of anilines is 2. The summed E-state index contributed by atoms with van der Waals surface area (Å²) in [5, 5.41) is 3.51. The Morgan fingerprint density at radius 3 is 2.89 bits per heavy atom. The molecule has 0 amide bonds. The molecule has 4 N–H and O–H groups in total. The number of nitrogens with one attached hydrogen (secondary N) is 2. The predicted octanol–water partition coefficient (Wildman–Crippen LogP) is 1.69. The molecule has 1 aliphatic heterocycles. The first kappa shape index (κ1) is 14.0. The number of hydrazine groups is 1. The van der Waals surface area contributed by atoms with Crippen molar-refractivity contribution in [2.45, 2.75) is 51.7 Å². The maximum atomic E-state index is 5.56.